The van der Waals surface area contributed by atoms with Gasteiger partial charge < -0.3 is 4.74 Å². The standard InChI is InChI=1S/C22H20O10S3/c1-3-8-32-19-9-13(11-33(23,24)25)15-4-5-16-14(12-34(26,27)28)10-20(35(29,30)31-2)18-7-6-17(19)21(15)22(16)18/h3-7,9-10H,1,8,11-12H2,2H3,(H,23,24,25)(H,26,27,28). The van der Waals surface area contributed by atoms with Crippen LogP contribution in [0, 0.1) is 0 Å². The fraction of sp³-hybridized carbons (Fsp3) is 0.182. The first-order valence-corrected chi connectivity index (χ1v) is 14.6. The van der Waals surface area contributed by atoms with Crippen LogP contribution in [0.5, 0.6) is 5.75 Å². The van der Waals surface area contributed by atoms with Gasteiger partial charge in [0.05, 0.1) is 7.11 Å². The summed E-state index contributed by atoms with van der Waals surface area (Å²) in [6, 6.07) is 8.74. The Labute approximate surface area is 201 Å². The van der Waals surface area contributed by atoms with Crippen LogP contribution in [0.2, 0.25) is 0 Å². The third-order valence-corrected chi connectivity index (χ3v) is 8.18. The summed E-state index contributed by atoms with van der Waals surface area (Å²) in [6.45, 7) is 3.67. The molecule has 0 spiro atoms. The molecule has 0 atom stereocenters. The molecule has 0 unspecified atom stereocenters. The Bertz CT molecular complexity index is 1810. The molecule has 2 N–H and O–H groups in total. The largest absolute Gasteiger partial charge is 0.489 e. The van der Waals surface area contributed by atoms with Crippen LogP contribution in [0.4, 0.5) is 0 Å². The zero-order valence-corrected chi connectivity index (χ0v) is 20.7. The molecular formula is C22H20O10S3. The second-order valence-electron chi connectivity index (χ2n) is 7.81. The fourth-order valence-corrected chi connectivity index (χ4v) is 6.43. The van der Waals surface area contributed by atoms with Crippen molar-refractivity contribution in [3.63, 3.8) is 0 Å². The van der Waals surface area contributed by atoms with Gasteiger partial charge in [0.1, 0.15) is 28.8 Å². The van der Waals surface area contributed by atoms with Gasteiger partial charge in [0.25, 0.3) is 30.4 Å². The molecule has 0 bridgehead atoms. The van der Waals surface area contributed by atoms with Crippen molar-refractivity contribution in [3.8, 4) is 5.75 Å². The van der Waals surface area contributed by atoms with Crippen molar-refractivity contribution in [3.05, 3.63) is 60.2 Å². The van der Waals surface area contributed by atoms with Crippen molar-refractivity contribution in [1.29, 1.82) is 0 Å². The summed E-state index contributed by atoms with van der Waals surface area (Å²) < 4.78 is 102. The van der Waals surface area contributed by atoms with Crippen molar-refractivity contribution in [2.75, 3.05) is 13.7 Å². The lowest BCUT2D eigenvalue weighted by Crippen LogP contribution is -2.09. The van der Waals surface area contributed by atoms with Gasteiger partial charge in [-0.15, -0.1) is 0 Å². The van der Waals surface area contributed by atoms with Gasteiger partial charge in [0.2, 0.25) is 0 Å². The molecule has 0 aliphatic carbocycles. The van der Waals surface area contributed by atoms with Gasteiger partial charge in [0, 0.05) is 16.2 Å². The van der Waals surface area contributed by atoms with Crippen molar-refractivity contribution in [2.45, 2.75) is 16.4 Å². The summed E-state index contributed by atoms with van der Waals surface area (Å²) >= 11 is 0. The lowest BCUT2D eigenvalue weighted by Gasteiger charge is -2.20. The van der Waals surface area contributed by atoms with E-state index in [1.165, 1.54) is 24.3 Å². The number of ether oxygens (including phenoxy) is 1. The molecule has 0 fully saturated rings. The predicted octanol–water partition coefficient (Wildman–Crippen LogP) is 3.26. The topological polar surface area (TPSA) is 161 Å². The highest BCUT2D eigenvalue weighted by atomic mass is 32.2. The van der Waals surface area contributed by atoms with Crippen molar-refractivity contribution < 1.29 is 43.3 Å². The van der Waals surface area contributed by atoms with E-state index in [4.69, 9.17) is 4.74 Å². The van der Waals surface area contributed by atoms with E-state index in [2.05, 4.69) is 10.8 Å². The van der Waals surface area contributed by atoms with Crippen LogP contribution in [0.1, 0.15) is 11.1 Å². The lowest BCUT2D eigenvalue weighted by atomic mass is 9.90. The zero-order valence-electron chi connectivity index (χ0n) is 18.3. The second kappa shape index (κ2) is 8.69. The van der Waals surface area contributed by atoms with Gasteiger partial charge in [-0.05, 0) is 45.5 Å². The highest BCUT2D eigenvalue weighted by Gasteiger charge is 2.26. The minimum atomic E-state index is -4.55. The average Bonchev–Trinajstić information content (AvgIpc) is 2.75. The van der Waals surface area contributed by atoms with E-state index < -0.39 is 41.9 Å². The minimum absolute atomic E-state index is 0.00114. The van der Waals surface area contributed by atoms with Gasteiger partial charge in [0.15, 0.2) is 0 Å². The molecule has 13 heteroatoms. The molecule has 10 nitrogen and oxygen atoms in total. The van der Waals surface area contributed by atoms with Gasteiger partial charge in [-0.3, -0.25) is 13.3 Å². The van der Waals surface area contributed by atoms with E-state index in [0.717, 1.165) is 13.2 Å². The van der Waals surface area contributed by atoms with Gasteiger partial charge in [-0.2, -0.15) is 25.3 Å². The maximum absolute atomic E-state index is 12.7. The van der Waals surface area contributed by atoms with Crippen LogP contribution in [-0.2, 0) is 46.0 Å². The Morgan fingerprint density at radius 1 is 0.800 bits per heavy atom. The molecular weight excluding hydrogens is 520 g/mol. The smallest absolute Gasteiger partial charge is 0.297 e. The third kappa shape index (κ3) is 4.83. The second-order valence-corrected chi connectivity index (χ2v) is 12.4. The fourth-order valence-electron chi connectivity index (χ4n) is 4.27. The van der Waals surface area contributed by atoms with Gasteiger partial charge >= 0.3 is 0 Å². The normalized spacial score (nSPS) is 13.1. The molecule has 4 aromatic carbocycles. The maximum atomic E-state index is 12.7. The van der Waals surface area contributed by atoms with Crippen LogP contribution in [0.25, 0.3) is 32.3 Å². The Morgan fingerprint density at radius 2 is 1.29 bits per heavy atom. The van der Waals surface area contributed by atoms with Crippen LogP contribution < -0.4 is 4.74 Å². The molecule has 4 aromatic rings. The Balaban J connectivity index is 2.27. The number of hydrogen-bond acceptors (Lipinski definition) is 8. The van der Waals surface area contributed by atoms with E-state index in [-0.39, 0.29) is 33.8 Å². The summed E-state index contributed by atoms with van der Waals surface area (Å²) in [5.74, 6) is -1.36. The summed E-state index contributed by atoms with van der Waals surface area (Å²) in [6.07, 6.45) is 1.48. The number of benzene rings is 4. The highest BCUT2D eigenvalue weighted by Crippen LogP contribution is 2.44. The first-order chi connectivity index (χ1) is 16.3. The third-order valence-electron chi connectivity index (χ3n) is 5.52. The molecule has 0 aliphatic rings. The van der Waals surface area contributed by atoms with Gasteiger partial charge in [-0.1, -0.05) is 30.9 Å². The molecule has 0 saturated heterocycles. The molecule has 186 valence electrons. The lowest BCUT2D eigenvalue weighted by molar-refractivity contribution is 0.367. The molecule has 0 aliphatic heterocycles. The zero-order chi connectivity index (χ0) is 25.8. The van der Waals surface area contributed by atoms with Crippen molar-refractivity contribution in [2.24, 2.45) is 0 Å². The van der Waals surface area contributed by atoms with Crippen molar-refractivity contribution in [1.82, 2.24) is 0 Å². The van der Waals surface area contributed by atoms with E-state index in [0.29, 0.717) is 26.9 Å². The molecule has 0 aromatic heterocycles. The molecule has 4 rings (SSSR count). The quantitative estimate of drug-likeness (QED) is 0.139. The molecule has 0 radical (unpaired) electrons. The number of rotatable bonds is 9. The van der Waals surface area contributed by atoms with E-state index in [9.17, 15) is 34.4 Å². The highest BCUT2D eigenvalue weighted by molar-refractivity contribution is 7.87. The summed E-state index contributed by atoms with van der Waals surface area (Å²) in [5, 5.41) is 2.08. The minimum Gasteiger partial charge on any atom is -0.489 e. The van der Waals surface area contributed by atoms with Crippen LogP contribution in [-0.4, -0.2) is 48.1 Å². The first kappa shape index (κ1) is 25.3. The van der Waals surface area contributed by atoms with Crippen LogP contribution in [0.3, 0.4) is 0 Å². The Hall–Kier alpha value is -2.81. The van der Waals surface area contributed by atoms with Crippen molar-refractivity contribution >= 4 is 62.7 Å². The molecule has 0 amide bonds. The Kier molecular flexibility index (Phi) is 6.28. The molecule has 35 heavy (non-hydrogen) atoms. The monoisotopic (exact) mass is 540 g/mol. The van der Waals surface area contributed by atoms with E-state index in [1.807, 2.05) is 0 Å². The molecule has 0 heterocycles. The summed E-state index contributed by atoms with van der Waals surface area (Å²) in [4.78, 5) is -0.325. The Morgan fingerprint density at radius 3 is 1.80 bits per heavy atom. The van der Waals surface area contributed by atoms with Gasteiger partial charge in [-0.25, -0.2) is 0 Å². The summed E-state index contributed by atoms with van der Waals surface area (Å²) in [7, 11) is -12.4. The number of hydrogen-bond donors (Lipinski definition) is 2. The SMILES string of the molecule is C=CCOc1cc(CS(=O)(=O)O)c2ccc3c(CS(=O)(=O)O)cc(S(=O)(=O)OC)c4ccc1c2c34. The van der Waals surface area contributed by atoms with E-state index in [1.54, 1.807) is 12.1 Å². The maximum Gasteiger partial charge on any atom is 0.297 e. The predicted molar refractivity (Wildman–Crippen MR) is 131 cm³/mol. The summed E-state index contributed by atoms with van der Waals surface area (Å²) in [5.41, 5.74) is 0.184. The van der Waals surface area contributed by atoms with Crippen LogP contribution in [0.15, 0.2) is 53.9 Å². The van der Waals surface area contributed by atoms with Crippen LogP contribution >= 0.6 is 0 Å². The van der Waals surface area contributed by atoms with E-state index >= 15 is 0 Å². The molecule has 0 saturated carbocycles. The first-order valence-electron chi connectivity index (χ1n) is 9.96. The average molecular weight is 541 g/mol.